The number of rotatable bonds is 9. The number of carbonyl (C=O) groups is 1. The standard InChI is InChI=1S/C22H27N3O6S/c1-31-19-10-8-17(9-11-19)22(12-3-2-4-13-22)21(26)23-14-15-24-32(29,30)20-7-5-6-18(16-20)25(27)28/h5-11,16,24H,2-4,12-15H2,1H3,(H,23,26). The lowest BCUT2D eigenvalue weighted by atomic mass is 9.68. The van der Waals surface area contributed by atoms with Gasteiger partial charge in [0, 0.05) is 25.2 Å². The van der Waals surface area contributed by atoms with E-state index in [9.17, 15) is 23.3 Å². The molecule has 1 aliphatic carbocycles. The second-order valence-electron chi connectivity index (χ2n) is 7.78. The summed E-state index contributed by atoms with van der Waals surface area (Å²) in [4.78, 5) is 23.2. The molecule has 1 saturated carbocycles. The second kappa shape index (κ2) is 10.1. The van der Waals surface area contributed by atoms with E-state index in [2.05, 4.69) is 10.0 Å². The summed E-state index contributed by atoms with van der Waals surface area (Å²) in [5.74, 6) is 0.590. The molecule has 9 nitrogen and oxygen atoms in total. The number of carbonyl (C=O) groups excluding carboxylic acids is 1. The van der Waals surface area contributed by atoms with Crippen LogP contribution < -0.4 is 14.8 Å². The van der Waals surface area contributed by atoms with Gasteiger partial charge in [0.1, 0.15) is 5.75 Å². The average molecular weight is 462 g/mol. The van der Waals surface area contributed by atoms with Crippen LogP contribution in [0.3, 0.4) is 0 Å². The van der Waals surface area contributed by atoms with Crippen LogP contribution in [0.15, 0.2) is 53.4 Å². The molecule has 1 amide bonds. The normalized spacial score (nSPS) is 15.7. The summed E-state index contributed by atoms with van der Waals surface area (Å²) in [5, 5.41) is 13.8. The van der Waals surface area contributed by atoms with Gasteiger partial charge in [-0.25, -0.2) is 13.1 Å². The van der Waals surface area contributed by atoms with Gasteiger partial charge in [0.2, 0.25) is 15.9 Å². The minimum absolute atomic E-state index is 0.0323. The number of methoxy groups -OCH3 is 1. The molecule has 2 N–H and O–H groups in total. The van der Waals surface area contributed by atoms with Crippen LogP contribution in [0.4, 0.5) is 5.69 Å². The molecule has 0 spiro atoms. The Labute approximate surface area is 187 Å². The van der Waals surface area contributed by atoms with Gasteiger partial charge in [0.25, 0.3) is 5.69 Å². The Kier molecular flexibility index (Phi) is 7.47. The first-order valence-electron chi connectivity index (χ1n) is 10.5. The number of ether oxygens (including phenoxy) is 1. The van der Waals surface area contributed by atoms with Crippen molar-refractivity contribution in [3.8, 4) is 5.75 Å². The fourth-order valence-corrected chi connectivity index (χ4v) is 5.16. The number of nitro benzene ring substituents is 1. The van der Waals surface area contributed by atoms with Crippen molar-refractivity contribution in [2.45, 2.75) is 42.4 Å². The highest BCUT2D eigenvalue weighted by molar-refractivity contribution is 7.89. The Hall–Kier alpha value is -2.98. The van der Waals surface area contributed by atoms with Crippen molar-refractivity contribution in [1.29, 1.82) is 0 Å². The van der Waals surface area contributed by atoms with Gasteiger partial charge in [-0.1, -0.05) is 37.5 Å². The van der Waals surface area contributed by atoms with Crippen molar-refractivity contribution in [3.05, 3.63) is 64.2 Å². The highest BCUT2D eigenvalue weighted by Crippen LogP contribution is 2.40. The SMILES string of the molecule is COc1ccc(C2(C(=O)NCCNS(=O)(=O)c3cccc([N+](=O)[O-])c3)CCCCC2)cc1. The van der Waals surface area contributed by atoms with E-state index < -0.39 is 20.4 Å². The first-order valence-corrected chi connectivity index (χ1v) is 11.9. The maximum Gasteiger partial charge on any atom is 0.270 e. The monoisotopic (exact) mass is 461 g/mol. The van der Waals surface area contributed by atoms with E-state index in [1.165, 1.54) is 18.2 Å². The number of hydrogen-bond acceptors (Lipinski definition) is 6. The Morgan fingerprint density at radius 3 is 2.41 bits per heavy atom. The van der Waals surface area contributed by atoms with E-state index in [-0.39, 0.29) is 29.6 Å². The molecule has 2 aromatic rings. The lowest BCUT2D eigenvalue weighted by Crippen LogP contribution is -2.47. The van der Waals surface area contributed by atoms with Crippen molar-refractivity contribution in [3.63, 3.8) is 0 Å². The molecule has 0 atom stereocenters. The van der Waals surface area contributed by atoms with Crippen molar-refractivity contribution in [2.24, 2.45) is 0 Å². The van der Waals surface area contributed by atoms with Crippen LogP contribution >= 0.6 is 0 Å². The van der Waals surface area contributed by atoms with Gasteiger partial charge < -0.3 is 10.1 Å². The van der Waals surface area contributed by atoms with Crippen LogP contribution in [-0.4, -0.2) is 39.4 Å². The van der Waals surface area contributed by atoms with Gasteiger partial charge in [-0.2, -0.15) is 0 Å². The van der Waals surface area contributed by atoms with Crippen molar-refractivity contribution in [2.75, 3.05) is 20.2 Å². The molecule has 0 radical (unpaired) electrons. The Bertz CT molecular complexity index is 1060. The highest BCUT2D eigenvalue weighted by atomic mass is 32.2. The lowest BCUT2D eigenvalue weighted by Gasteiger charge is -2.36. The summed E-state index contributed by atoms with van der Waals surface area (Å²) in [6, 6.07) is 12.3. The topological polar surface area (TPSA) is 128 Å². The van der Waals surface area contributed by atoms with Crippen molar-refractivity contribution >= 4 is 21.6 Å². The Balaban J connectivity index is 1.64. The molecule has 1 aliphatic rings. The number of sulfonamides is 1. The summed E-state index contributed by atoms with van der Waals surface area (Å²) >= 11 is 0. The number of benzene rings is 2. The van der Waals surface area contributed by atoms with Crippen LogP contribution in [0.25, 0.3) is 0 Å². The van der Waals surface area contributed by atoms with Crippen LogP contribution in [0, 0.1) is 10.1 Å². The fraction of sp³-hybridized carbons (Fsp3) is 0.409. The first kappa shape index (κ1) is 23.7. The molecule has 2 aromatic carbocycles. The molecule has 0 aliphatic heterocycles. The summed E-state index contributed by atoms with van der Waals surface area (Å²) in [5.41, 5.74) is -0.0312. The molecule has 10 heteroatoms. The molecule has 0 unspecified atom stereocenters. The molecular weight excluding hydrogens is 434 g/mol. The lowest BCUT2D eigenvalue weighted by molar-refractivity contribution is -0.385. The number of nitro groups is 1. The molecule has 32 heavy (non-hydrogen) atoms. The number of nitrogens with zero attached hydrogens (tertiary/aromatic N) is 1. The molecule has 0 bridgehead atoms. The summed E-state index contributed by atoms with van der Waals surface area (Å²) in [6.07, 6.45) is 4.42. The predicted octanol–water partition coefficient (Wildman–Crippen LogP) is 2.90. The molecular formula is C22H27N3O6S. The van der Waals surface area contributed by atoms with E-state index in [0.717, 1.165) is 49.5 Å². The fourth-order valence-electron chi connectivity index (χ4n) is 4.09. The molecule has 0 heterocycles. The van der Waals surface area contributed by atoms with Gasteiger partial charge in [-0.05, 0) is 36.6 Å². The van der Waals surface area contributed by atoms with Gasteiger partial charge in [-0.3, -0.25) is 14.9 Å². The smallest absolute Gasteiger partial charge is 0.270 e. The maximum absolute atomic E-state index is 13.2. The minimum Gasteiger partial charge on any atom is -0.497 e. The van der Waals surface area contributed by atoms with E-state index in [4.69, 9.17) is 4.74 Å². The van der Waals surface area contributed by atoms with E-state index >= 15 is 0 Å². The zero-order valence-electron chi connectivity index (χ0n) is 17.9. The average Bonchev–Trinajstić information content (AvgIpc) is 2.82. The summed E-state index contributed by atoms with van der Waals surface area (Å²) in [7, 11) is -2.34. The zero-order valence-corrected chi connectivity index (χ0v) is 18.7. The molecule has 172 valence electrons. The third-order valence-corrected chi connectivity index (χ3v) is 7.28. The number of non-ortho nitro benzene ring substituents is 1. The predicted molar refractivity (Wildman–Crippen MR) is 119 cm³/mol. The highest BCUT2D eigenvalue weighted by Gasteiger charge is 2.40. The Morgan fingerprint density at radius 1 is 1.09 bits per heavy atom. The molecule has 0 saturated heterocycles. The zero-order chi connectivity index (χ0) is 23.2. The maximum atomic E-state index is 13.2. The number of amides is 1. The third-order valence-electron chi connectivity index (χ3n) is 5.83. The summed E-state index contributed by atoms with van der Waals surface area (Å²) in [6.45, 7) is 0.0698. The summed E-state index contributed by atoms with van der Waals surface area (Å²) < 4.78 is 32.5. The van der Waals surface area contributed by atoms with Gasteiger partial charge in [0.15, 0.2) is 0 Å². The van der Waals surface area contributed by atoms with Crippen LogP contribution in [0.2, 0.25) is 0 Å². The van der Waals surface area contributed by atoms with Crippen LogP contribution in [0.5, 0.6) is 5.75 Å². The first-order chi connectivity index (χ1) is 15.3. The van der Waals surface area contributed by atoms with Crippen molar-refractivity contribution in [1.82, 2.24) is 10.0 Å². The molecule has 0 aromatic heterocycles. The quantitative estimate of drug-likeness (QED) is 0.336. The van der Waals surface area contributed by atoms with E-state index in [1.807, 2.05) is 24.3 Å². The largest absolute Gasteiger partial charge is 0.497 e. The third kappa shape index (κ3) is 5.25. The van der Waals surface area contributed by atoms with Crippen LogP contribution in [0.1, 0.15) is 37.7 Å². The van der Waals surface area contributed by atoms with E-state index in [0.29, 0.717) is 0 Å². The van der Waals surface area contributed by atoms with Gasteiger partial charge in [0.05, 0.1) is 22.3 Å². The van der Waals surface area contributed by atoms with E-state index in [1.54, 1.807) is 7.11 Å². The number of hydrogen-bond donors (Lipinski definition) is 2. The molecule has 1 fully saturated rings. The minimum atomic E-state index is -3.93. The number of nitrogens with one attached hydrogen (secondary N) is 2. The second-order valence-corrected chi connectivity index (χ2v) is 9.55. The Morgan fingerprint density at radius 2 is 1.78 bits per heavy atom. The van der Waals surface area contributed by atoms with Gasteiger partial charge >= 0.3 is 0 Å². The van der Waals surface area contributed by atoms with Crippen LogP contribution in [-0.2, 0) is 20.2 Å². The van der Waals surface area contributed by atoms with Crippen molar-refractivity contribution < 1.29 is 22.9 Å². The molecule has 3 rings (SSSR count). The van der Waals surface area contributed by atoms with Gasteiger partial charge in [-0.15, -0.1) is 0 Å².